The molecule has 110 valence electrons. The van der Waals surface area contributed by atoms with Gasteiger partial charge in [0.1, 0.15) is 5.82 Å². The van der Waals surface area contributed by atoms with Crippen LogP contribution in [0.25, 0.3) is 17.8 Å². The summed E-state index contributed by atoms with van der Waals surface area (Å²) in [6.07, 6.45) is 4.09. The van der Waals surface area contributed by atoms with Gasteiger partial charge in [-0.05, 0) is 55.3 Å². The van der Waals surface area contributed by atoms with Crippen LogP contribution in [0.5, 0.6) is 0 Å². The van der Waals surface area contributed by atoms with E-state index in [1.807, 2.05) is 24.3 Å². The Hall–Kier alpha value is -2.61. The van der Waals surface area contributed by atoms with Crippen molar-refractivity contribution >= 4 is 12.2 Å². The number of aryl methyl sites for hydroxylation is 1. The fraction of sp³-hybridized carbons (Fsp3) is 0.100. The third-order valence-corrected chi connectivity index (χ3v) is 3.81. The monoisotopic (exact) mass is 291 g/mol. The number of rotatable bonds is 3. The van der Waals surface area contributed by atoms with Crippen molar-refractivity contribution in [1.82, 2.24) is 4.57 Å². The van der Waals surface area contributed by atoms with Crippen molar-refractivity contribution in [2.45, 2.75) is 13.8 Å². The lowest BCUT2D eigenvalue weighted by Gasteiger charge is -2.09. The first-order chi connectivity index (χ1) is 10.6. The molecule has 0 aliphatic heterocycles. The summed E-state index contributed by atoms with van der Waals surface area (Å²) in [7, 11) is 0. The average Bonchev–Trinajstić information content (AvgIpc) is 2.82. The Morgan fingerprint density at radius 2 is 1.55 bits per heavy atom. The van der Waals surface area contributed by atoms with Gasteiger partial charge in [0.15, 0.2) is 0 Å². The van der Waals surface area contributed by atoms with Crippen LogP contribution >= 0.6 is 0 Å². The van der Waals surface area contributed by atoms with Crippen molar-refractivity contribution in [3.63, 3.8) is 0 Å². The Balaban J connectivity index is 1.94. The van der Waals surface area contributed by atoms with Gasteiger partial charge >= 0.3 is 0 Å². The Morgan fingerprint density at radius 3 is 2.23 bits per heavy atom. The van der Waals surface area contributed by atoms with Crippen molar-refractivity contribution in [3.8, 4) is 5.69 Å². The quantitative estimate of drug-likeness (QED) is 0.608. The van der Waals surface area contributed by atoms with Gasteiger partial charge in [-0.2, -0.15) is 0 Å². The molecule has 0 atom stereocenters. The van der Waals surface area contributed by atoms with Crippen LogP contribution in [-0.4, -0.2) is 4.57 Å². The van der Waals surface area contributed by atoms with Crippen molar-refractivity contribution in [2.24, 2.45) is 0 Å². The van der Waals surface area contributed by atoms with Gasteiger partial charge in [0, 0.05) is 17.1 Å². The zero-order valence-corrected chi connectivity index (χ0v) is 12.8. The number of hydrogen-bond acceptors (Lipinski definition) is 0. The molecule has 3 rings (SSSR count). The lowest BCUT2D eigenvalue weighted by atomic mass is 10.1. The van der Waals surface area contributed by atoms with Gasteiger partial charge in [-0.25, -0.2) is 4.39 Å². The zero-order valence-electron chi connectivity index (χ0n) is 12.8. The molecule has 1 nitrogen and oxygen atoms in total. The van der Waals surface area contributed by atoms with Gasteiger partial charge in [0.2, 0.25) is 0 Å². The highest BCUT2D eigenvalue weighted by atomic mass is 19.1. The maximum atomic E-state index is 12.9. The lowest BCUT2D eigenvalue weighted by molar-refractivity contribution is 0.628. The maximum absolute atomic E-state index is 12.9. The highest BCUT2D eigenvalue weighted by Gasteiger charge is 2.08. The normalized spacial score (nSPS) is 11.2. The van der Waals surface area contributed by atoms with E-state index in [-0.39, 0.29) is 5.82 Å². The van der Waals surface area contributed by atoms with Crippen molar-refractivity contribution in [3.05, 3.63) is 89.0 Å². The molecule has 0 spiro atoms. The molecule has 2 heteroatoms. The number of nitrogens with zero attached hydrogens (tertiary/aromatic N) is 1. The van der Waals surface area contributed by atoms with Gasteiger partial charge in [-0.15, -0.1) is 0 Å². The first-order valence-corrected chi connectivity index (χ1v) is 7.33. The van der Waals surface area contributed by atoms with Crippen LogP contribution < -0.4 is 0 Å². The van der Waals surface area contributed by atoms with Gasteiger partial charge in [0.05, 0.1) is 0 Å². The van der Waals surface area contributed by atoms with E-state index in [1.54, 1.807) is 12.1 Å². The summed E-state index contributed by atoms with van der Waals surface area (Å²) in [6, 6.07) is 19.0. The van der Waals surface area contributed by atoms with E-state index in [1.165, 1.54) is 34.8 Å². The molecule has 22 heavy (non-hydrogen) atoms. The average molecular weight is 291 g/mol. The van der Waals surface area contributed by atoms with Gasteiger partial charge in [-0.3, -0.25) is 0 Å². The minimum absolute atomic E-state index is 0.209. The molecular weight excluding hydrogens is 273 g/mol. The SMILES string of the molecule is Cc1cc(/C=C/c2ccc(F)cc2)c(C)n1-c1ccccc1. The predicted octanol–water partition coefficient (Wildman–Crippen LogP) is 5.40. The van der Waals surface area contributed by atoms with Gasteiger partial charge < -0.3 is 4.57 Å². The third kappa shape index (κ3) is 2.86. The molecule has 0 aliphatic rings. The zero-order chi connectivity index (χ0) is 15.5. The second kappa shape index (κ2) is 6.02. The fourth-order valence-corrected chi connectivity index (χ4v) is 2.69. The molecule has 3 aromatic rings. The van der Waals surface area contributed by atoms with Crippen LogP contribution in [0.3, 0.4) is 0 Å². The topological polar surface area (TPSA) is 4.93 Å². The second-order valence-electron chi connectivity index (χ2n) is 5.38. The Bertz CT molecular complexity index is 796. The molecule has 1 aromatic heterocycles. The smallest absolute Gasteiger partial charge is 0.123 e. The highest BCUT2D eigenvalue weighted by molar-refractivity contribution is 5.71. The van der Waals surface area contributed by atoms with Crippen LogP contribution in [0, 0.1) is 19.7 Å². The number of halogens is 1. The van der Waals surface area contributed by atoms with Gasteiger partial charge in [0.25, 0.3) is 0 Å². The summed E-state index contributed by atoms with van der Waals surface area (Å²) in [5.74, 6) is -0.209. The molecule has 0 saturated heterocycles. The van der Waals surface area contributed by atoms with Gasteiger partial charge in [-0.1, -0.05) is 42.5 Å². The summed E-state index contributed by atoms with van der Waals surface area (Å²) < 4.78 is 15.2. The van der Waals surface area contributed by atoms with Crippen LogP contribution in [0.15, 0.2) is 60.7 Å². The van der Waals surface area contributed by atoms with Crippen molar-refractivity contribution < 1.29 is 4.39 Å². The van der Waals surface area contributed by atoms with E-state index in [9.17, 15) is 4.39 Å². The Morgan fingerprint density at radius 1 is 0.864 bits per heavy atom. The molecule has 0 fully saturated rings. The Kier molecular flexibility index (Phi) is 3.92. The fourth-order valence-electron chi connectivity index (χ4n) is 2.69. The summed E-state index contributed by atoms with van der Waals surface area (Å²) in [4.78, 5) is 0. The first kappa shape index (κ1) is 14.3. The van der Waals surface area contributed by atoms with E-state index >= 15 is 0 Å². The van der Waals surface area contributed by atoms with Crippen molar-refractivity contribution in [1.29, 1.82) is 0 Å². The van der Waals surface area contributed by atoms with Crippen molar-refractivity contribution in [2.75, 3.05) is 0 Å². The molecule has 1 heterocycles. The predicted molar refractivity (Wildman–Crippen MR) is 90.6 cm³/mol. The molecule has 0 N–H and O–H groups in total. The molecule has 0 aliphatic carbocycles. The van der Waals surface area contributed by atoms with E-state index in [0.717, 1.165) is 5.56 Å². The van der Waals surface area contributed by atoms with E-state index in [0.29, 0.717) is 0 Å². The van der Waals surface area contributed by atoms with Crippen LogP contribution in [0.4, 0.5) is 4.39 Å². The van der Waals surface area contributed by atoms with E-state index < -0.39 is 0 Å². The summed E-state index contributed by atoms with van der Waals surface area (Å²) in [6.45, 7) is 4.22. The molecule has 0 bridgehead atoms. The highest BCUT2D eigenvalue weighted by Crippen LogP contribution is 2.22. The Labute approximate surface area is 130 Å². The third-order valence-electron chi connectivity index (χ3n) is 3.81. The van der Waals surface area contributed by atoms with Crippen LogP contribution in [0.1, 0.15) is 22.5 Å². The number of benzene rings is 2. The molecular formula is C20H18FN. The molecule has 0 saturated carbocycles. The molecule has 0 amide bonds. The molecule has 0 radical (unpaired) electrons. The minimum Gasteiger partial charge on any atom is -0.318 e. The molecule has 0 unspecified atom stereocenters. The number of para-hydroxylation sites is 1. The summed E-state index contributed by atoms with van der Waals surface area (Å²) in [5.41, 5.74) is 5.72. The minimum atomic E-state index is -0.209. The number of hydrogen-bond donors (Lipinski definition) is 0. The second-order valence-corrected chi connectivity index (χ2v) is 5.38. The largest absolute Gasteiger partial charge is 0.318 e. The maximum Gasteiger partial charge on any atom is 0.123 e. The standard InChI is InChI=1S/C20H18FN/c1-15-14-18(11-8-17-9-12-19(21)13-10-17)16(2)22(15)20-6-4-3-5-7-20/h3-14H,1-2H3/b11-8+. The molecule has 2 aromatic carbocycles. The number of aromatic nitrogens is 1. The lowest BCUT2D eigenvalue weighted by Crippen LogP contribution is -1.98. The first-order valence-electron chi connectivity index (χ1n) is 7.33. The van der Waals surface area contributed by atoms with E-state index in [2.05, 4.69) is 42.7 Å². The summed E-state index contributed by atoms with van der Waals surface area (Å²) >= 11 is 0. The van der Waals surface area contributed by atoms with Crippen LogP contribution in [0.2, 0.25) is 0 Å². The van der Waals surface area contributed by atoms with E-state index in [4.69, 9.17) is 0 Å². The summed E-state index contributed by atoms with van der Waals surface area (Å²) in [5, 5.41) is 0. The van der Waals surface area contributed by atoms with Crippen LogP contribution in [-0.2, 0) is 0 Å².